The summed E-state index contributed by atoms with van der Waals surface area (Å²) < 4.78 is 0.545. The molecule has 0 N–H and O–H groups in total. The molecule has 1 heteroatoms. The molecular formula is C30H23Zr. The molecule has 0 fully saturated rings. The number of fused-ring (bicyclic) bond motifs is 6. The summed E-state index contributed by atoms with van der Waals surface area (Å²) >= 11 is 1.58. The fraction of sp³-hybridized carbons (Fsp3) is 0.133. The molecule has 31 heavy (non-hydrogen) atoms. The summed E-state index contributed by atoms with van der Waals surface area (Å²) in [6.45, 7) is 4.21. The number of benzene rings is 4. The predicted molar refractivity (Wildman–Crippen MR) is 125 cm³/mol. The first-order valence-corrected chi connectivity index (χ1v) is 12.4. The average molecular weight is 475 g/mol. The molecule has 0 spiro atoms. The molecule has 0 saturated carbocycles. The van der Waals surface area contributed by atoms with Crippen LogP contribution in [0.25, 0.3) is 22.3 Å². The van der Waals surface area contributed by atoms with Gasteiger partial charge in [0.1, 0.15) is 0 Å². The van der Waals surface area contributed by atoms with Gasteiger partial charge in [-0.1, -0.05) is 0 Å². The van der Waals surface area contributed by atoms with E-state index in [-0.39, 0.29) is 0 Å². The van der Waals surface area contributed by atoms with Gasteiger partial charge in [0, 0.05) is 0 Å². The topological polar surface area (TPSA) is 0 Å². The molecule has 0 amide bonds. The first-order valence-electron chi connectivity index (χ1n) is 11.0. The van der Waals surface area contributed by atoms with Crippen molar-refractivity contribution < 1.29 is 24.7 Å². The molecule has 0 aliphatic heterocycles. The monoisotopic (exact) mass is 473 g/mol. The summed E-state index contributed by atoms with van der Waals surface area (Å²) in [5.74, 6) is 0.770. The second kappa shape index (κ2) is 7.57. The van der Waals surface area contributed by atoms with Crippen LogP contribution in [0.4, 0.5) is 0 Å². The Kier molecular flexibility index (Phi) is 4.69. The van der Waals surface area contributed by atoms with Crippen molar-refractivity contribution >= 4 is 0 Å². The van der Waals surface area contributed by atoms with E-state index in [4.69, 9.17) is 0 Å². The minimum absolute atomic E-state index is 0.300. The van der Waals surface area contributed by atoms with Crippen molar-refractivity contribution in [3.05, 3.63) is 131 Å². The second-order valence-electron chi connectivity index (χ2n) is 8.62. The van der Waals surface area contributed by atoms with Gasteiger partial charge in [0.15, 0.2) is 0 Å². The van der Waals surface area contributed by atoms with Gasteiger partial charge in [0.05, 0.1) is 0 Å². The maximum atomic E-state index is 4.21. The Hall–Kier alpha value is -2.50. The van der Waals surface area contributed by atoms with Gasteiger partial charge in [-0.05, 0) is 0 Å². The molecule has 0 nitrogen and oxygen atoms in total. The van der Waals surface area contributed by atoms with E-state index in [2.05, 4.69) is 104 Å². The fourth-order valence-corrected chi connectivity index (χ4v) is 6.96. The molecule has 147 valence electrons. The van der Waals surface area contributed by atoms with Crippen LogP contribution >= 0.6 is 0 Å². The van der Waals surface area contributed by atoms with Gasteiger partial charge >= 0.3 is 200 Å². The molecule has 4 aromatic carbocycles. The summed E-state index contributed by atoms with van der Waals surface area (Å²) in [5.41, 5.74) is 13.0. The third-order valence-corrected chi connectivity index (χ3v) is 8.43. The normalized spacial score (nSPS) is 16.8. The van der Waals surface area contributed by atoms with Gasteiger partial charge in [-0.2, -0.15) is 0 Å². The Morgan fingerprint density at radius 3 is 1.81 bits per heavy atom. The number of hydrogen-bond donors (Lipinski definition) is 0. The maximum absolute atomic E-state index is 4.21. The van der Waals surface area contributed by atoms with Crippen LogP contribution in [-0.4, -0.2) is 0 Å². The van der Waals surface area contributed by atoms with Crippen molar-refractivity contribution in [1.82, 2.24) is 0 Å². The zero-order valence-electron chi connectivity index (χ0n) is 17.4. The Labute approximate surface area is 199 Å². The average Bonchev–Trinajstić information content (AvgIpc) is 3.32. The first kappa shape index (κ1) is 19.2. The van der Waals surface area contributed by atoms with E-state index in [1.54, 1.807) is 24.7 Å². The molecule has 2 aliphatic rings. The van der Waals surface area contributed by atoms with Crippen molar-refractivity contribution in [2.24, 2.45) is 0 Å². The Morgan fingerprint density at radius 1 is 0.677 bits per heavy atom. The van der Waals surface area contributed by atoms with Crippen LogP contribution in [-0.2, 0) is 24.7 Å². The molecule has 0 heterocycles. The predicted octanol–water partition coefficient (Wildman–Crippen LogP) is 7.78. The Balaban J connectivity index is 1.43. The summed E-state index contributed by atoms with van der Waals surface area (Å²) in [6, 6.07) is 33.7. The Bertz CT molecular complexity index is 1270. The van der Waals surface area contributed by atoms with Gasteiger partial charge in [0.25, 0.3) is 0 Å². The third kappa shape index (κ3) is 2.90. The quantitative estimate of drug-likeness (QED) is 0.265. The molecule has 2 aliphatic carbocycles. The third-order valence-electron chi connectivity index (χ3n) is 7.08. The Morgan fingerprint density at radius 2 is 1.19 bits per heavy atom. The first-order chi connectivity index (χ1) is 15.3. The van der Waals surface area contributed by atoms with E-state index in [1.807, 2.05) is 0 Å². The van der Waals surface area contributed by atoms with Crippen molar-refractivity contribution in [2.45, 2.75) is 21.9 Å². The van der Waals surface area contributed by atoms with Crippen LogP contribution in [0.5, 0.6) is 0 Å². The minimum atomic E-state index is 0.300. The number of rotatable bonds is 4. The van der Waals surface area contributed by atoms with Crippen LogP contribution in [0.1, 0.15) is 49.7 Å². The van der Waals surface area contributed by atoms with E-state index in [1.165, 1.54) is 50.1 Å². The van der Waals surface area contributed by atoms with Gasteiger partial charge in [-0.15, -0.1) is 0 Å². The van der Waals surface area contributed by atoms with E-state index >= 15 is 0 Å². The van der Waals surface area contributed by atoms with Crippen LogP contribution in [0, 0.1) is 0 Å². The molecule has 6 rings (SSSR count). The zero-order chi connectivity index (χ0) is 20.9. The second-order valence-corrected chi connectivity index (χ2v) is 10.3. The molecule has 2 unspecified atom stereocenters. The van der Waals surface area contributed by atoms with Gasteiger partial charge < -0.3 is 0 Å². The standard InChI is InChI=1S/C30H23.Zr/c1-2-21-22-11-3-8-16-27(22)29-17-9-10-20(30(21)29)18-19-28-25-14-6-4-12-23(25)24-13-5-7-15-26(24)28;/h2-18,21,28H,1,19H2;. The van der Waals surface area contributed by atoms with Crippen LogP contribution in [0.15, 0.2) is 104 Å². The molecule has 0 bridgehead atoms. The van der Waals surface area contributed by atoms with Gasteiger partial charge in [-0.25, -0.2) is 0 Å². The van der Waals surface area contributed by atoms with Crippen LogP contribution in [0.2, 0.25) is 0 Å². The summed E-state index contributed by atoms with van der Waals surface area (Å²) in [5, 5.41) is 0. The van der Waals surface area contributed by atoms with E-state index in [0.29, 0.717) is 15.5 Å². The van der Waals surface area contributed by atoms with Crippen molar-refractivity contribution in [3.63, 3.8) is 0 Å². The summed E-state index contributed by atoms with van der Waals surface area (Å²) in [4.78, 5) is 0. The van der Waals surface area contributed by atoms with Crippen molar-refractivity contribution in [2.75, 3.05) is 0 Å². The van der Waals surface area contributed by atoms with E-state index in [0.717, 1.165) is 6.42 Å². The van der Waals surface area contributed by atoms with Crippen LogP contribution in [0.3, 0.4) is 0 Å². The van der Waals surface area contributed by atoms with E-state index < -0.39 is 0 Å². The number of hydrogen-bond acceptors (Lipinski definition) is 0. The summed E-state index contributed by atoms with van der Waals surface area (Å²) in [7, 11) is 0. The molecule has 0 radical (unpaired) electrons. The zero-order valence-corrected chi connectivity index (χ0v) is 19.8. The summed E-state index contributed by atoms with van der Waals surface area (Å²) in [6.07, 6.45) is 3.29. The number of allylic oxidation sites excluding steroid dienone is 1. The van der Waals surface area contributed by atoms with Gasteiger partial charge in [-0.3, -0.25) is 0 Å². The molecule has 0 saturated heterocycles. The van der Waals surface area contributed by atoms with E-state index in [9.17, 15) is 0 Å². The fourth-order valence-electron chi connectivity index (χ4n) is 5.76. The molecule has 0 aromatic heterocycles. The SMILES string of the molecule is C=CC1c2ccccc2-c2cccc([CH]([Zr])CC3c4ccccc4-c4ccccc43)c21. The van der Waals surface area contributed by atoms with Crippen molar-refractivity contribution in [1.29, 1.82) is 0 Å². The molecular weight excluding hydrogens is 452 g/mol. The van der Waals surface area contributed by atoms with Crippen molar-refractivity contribution in [3.8, 4) is 22.3 Å². The van der Waals surface area contributed by atoms with Gasteiger partial charge in [0.2, 0.25) is 0 Å². The molecule has 2 atom stereocenters. The van der Waals surface area contributed by atoms with Crippen LogP contribution < -0.4 is 0 Å². The molecule has 4 aromatic rings.